The zero-order valence-electron chi connectivity index (χ0n) is 17.4. The monoisotopic (exact) mass is 428 g/mol. The van der Waals surface area contributed by atoms with Crippen LogP contribution < -0.4 is 19.8 Å². The molecule has 2 aromatic carbocycles. The summed E-state index contributed by atoms with van der Waals surface area (Å²) in [6.45, 7) is 2.50. The third kappa shape index (κ3) is 5.70. The van der Waals surface area contributed by atoms with Crippen LogP contribution in [0.1, 0.15) is 11.1 Å². The molecule has 1 aliphatic heterocycles. The maximum Gasteiger partial charge on any atom is 0.270 e. The van der Waals surface area contributed by atoms with E-state index in [1.807, 2.05) is 0 Å². The lowest BCUT2D eigenvalue weighted by molar-refractivity contribution is -0.384. The van der Waals surface area contributed by atoms with Gasteiger partial charge in [-0.25, -0.2) is 5.43 Å². The third-order valence-corrected chi connectivity index (χ3v) is 4.78. The van der Waals surface area contributed by atoms with Crippen LogP contribution in [0.15, 0.2) is 41.5 Å². The van der Waals surface area contributed by atoms with Crippen molar-refractivity contribution in [3.05, 3.63) is 57.6 Å². The maximum absolute atomic E-state index is 12.3. The van der Waals surface area contributed by atoms with E-state index in [1.165, 1.54) is 32.6 Å². The zero-order chi connectivity index (χ0) is 22.2. The van der Waals surface area contributed by atoms with Crippen LogP contribution in [0.25, 0.3) is 0 Å². The average molecular weight is 428 g/mol. The number of methoxy groups -OCH3 is 2. The zero-order valence-corrected chi connectivity index (χ0v) is 17.4. The molecule has 10 nitrogen and oxygen atoms in total. The summed E-state index contributed by atoms with van der Waals surface area (Å²) in [7, 11) is 3.06. The molecular formula is C21H24N4O6. The van der Waals surface area contributed by atoms with Gasteiger partial charge in [0.2, 0.25) is 5.91 Å². The summed E-state index contributed by atoms with van der Waals surface area (Å²) in [5.41, 5.74) is 4.50. The molecule has 1 fully saturated rings. The molecule has 0 aromatic heterocycles. The number of hydrazone groups is 1. The predicted molar refractivity (Wildman–Crippen MR) is 115 cm³/mol. The van der Waals surface area contributed by atoms with E-state index in [4.69, 9.17) is 14.2 Å². The number of rotatable bonds is 8. The third-order valence-electron chi connectivity index (χ3n) is 4.78. The largest absolute Gasteiger partial charge is 0.493 e. The van der Waals surface area contributed by atoms with Gasteiger partial charge < -0.3 is 19.1 Å². The van der Waals surface area contributed by atoms with E-state index in [2.05, 4.69) is 15.4 Å². The molecular weight excluding hydrogens is 404 g/mol. The van der Waals surface area contributed by atoms with Gasteiger partial charge in [-0.05, 0) is 23.8 Å². The molecule has 3 rings (SSSR count). The summed E-state index contributed by atoms with van der Waals surface area (Å²) in [6, 6.07) is 9.80. The number of morpholine rings is 1. The van der Waals surface area contributed by atoms with Crippen molar-refractivity contribution >= 4 is 23.5 Å². The van der Waals surface area contributed by atoms with Gasteiger partial charge >= 0.3 is 0 Å². The van der Waals surface area contributed by atoms with E-state index in [1.54, 1.807) is 24.3 Å². The minimum Gasteiger partial charge on any atom is -0.493 e. The van der Waals surface area contributed by atoms with E-state index in [9.17, 15) is 14.9 Å². The minimum atomic E-state index is -0.462. The van der Waals surface area contributed by atoms with Crippen molar-refractivity contribution in [1.29, 1.82) is 0 Å². The molecule has 0 aliphatic carbocycles. The second-order valence-corrected chi connectivity index (χ2v) is 6.76. The van der Waals surface area contributed by atoms with Gasteiger partial charge in [-0.15, -0.1) is 0 Å². The number of nitro groups is 1. The first-order valence-corrected chi connectivity index (χ1v) is 9.65. The smallest absolute Gasteiger partial charge is 0.270 e. The van der Waals surface area contributed by atoms with Crippen molar-refractivity contribution in [3.63, 3.8) is 0 Å². The minimum absolute atomic E-state index is 0.0462. The molecule has 1 saturated heterocycles. The Morgan fingerprint density at radius 3 is 2.61 bits per heavy atom. The van der Waals surface area contributed by atoms with Gasteiger partial charge in [-0.2, -0.15) is 5.10 Å². The number of carbonyl (C=O) groups is 1. The number of benzene rings is 2. The molecule has 10 heteroatoms. The van der Waals surface area contributed by atoms with Crippen LogP contribution >= 0.6 is 0 Å². The number of carbonyl (C=O) groups excluding carboxylic acids is 1. The van der Waals surface area contributed by atoms with Crippen LogP contribution in [0.5, 0.6) is 11.5 Å². The van der Waals surface area contributed by atoms with E-state index in [-0.39, 0.29) is 18.0 Å². The number of anilines is 1. The lowest BCUT2D eigenvalue weighted by atomic mass is 10.1. The first-order valence-electron chi connectivity index (χ1n) is 9.65. The quantitative estimate of drug-likeness (QED) is 0.389. The van der Waals surface area contributed by atoms with Crippen molar-refractivity contribution < 1.29 is 23.9 Å². The highest BCUT2D eigenvalue weighted by Gasteiger charge is 2.17. The normalized spacial score (nSPS) is 13.8. The van der Waals surface area contributed by atoms with Gasteiger partial charge in [-0.1, -0.05) is 6.07 Å². The average Bonchev–Trinajstić information content (AvgIpc) is 2.79. The van der Waals surface area contributed by atoms with Crippen molar-refractivity contribution in [3.8, 4) is 11.5 Å². The molecule has 0 atom stereocenters. The number of amides is 1. The van der Waals surface area contributed by atoms with Crippen LogP contribution in [-0.4, -0.2) is 57.6 Å². The van der Waals surface area contributed by atoms with Crippen LogP contribution in [0, 0.1) is 10.1 Å². The Kier molecular flexibility index (Phi) is 7.39. The second kappa shape index (κ2) is 10.4. The van der Waals surface area contributed by atoms with Gasteiger partial charge in [0.25, 0.3) is 5.69 Å². The molecule has 31 heavy (non-hydrogen) atoms. The topological polar surface area (TPSA) is 116 Å². The molecule has 1 aliphatic rings. The van der Waals surface area contributed by atoms with Crippen molar-refractivity contribution in [2.75, 3.05) is 45.4 Å². The maximum atomic E-state index is 12.3. The van der Waals surface area contributed by atoms with Crippen molar-refractivity contribution in [2.45, 2.75) is 6.42 Å². The number of non-ortho nitro benzene ring substituents is 1. The summed E-state index contributed by atoms with van der Waals surface area (Å²) in [6.07, 6.45) is 1.51. The fraction of sp³-hybridized carbons (Fsp3) is 0.333. The van der Waals surface area contributed by atoms with E-state index < -0.39 is 4.92 Å². The fourth-order valence-electron chi connectivity index (χ4n) is 3.24. The van der Waals surface area contributed by atoms with Gasteiger partial charge in [-0.3, -0.25) is 14.9 Å². The highest BCUT2D eigenvalue weighted by Crippen LogP contribution is 2.28. The summed E-state index contributed by atoms with van der Waals surface area (Å²) in [5, 5.41) is 15.2. The Balaban J connectivity index is 1.71. The standard InChI is InChI=1S/C21H24N4O6/c1-29-19-6-3-15(11-20(19)30-2)12-21(26)23-22-14-16-13-17(25(27)28)4-5-18(16)24-7-9-31-10-8-24/h3-6,11,13-14H,7-10,12H2,1-2H3,(H,23,26)/b22-14-. The van der Waals surface area contributed by atoms with Gasteiger partial charge in [0, 0.05) is 36.5 Å². The molecule has 0 saturated carbocycles. The predicted octanol–water partition coefficient (Wildman–Crippen LogP) is 2.14. The number of hydrogen-bond donors (Lipinski definition) is 1. The second-order valence-electron chi connectivity index (χ2n) is 6.76. The molecule has 1 heterocycles. The number of hydrogen-bond acceptors (Lipinski definition) is 8. The number of nitrogens with one attached hydrogen (secondary N) is 1. The fourth-order valence-corrected chi connectivity index (χ4v) is 3.24. The van der Waals surface area contributed by atoms with E-state index in [0.29, 0.717) is 43.4 Å². The van der Waals surface area contributed by atoms with Gasteiger partial charge in [0.05, 0.1) is 45.0 Å². The highest BCUT2D eigenvalue weighted by atomic mass is 16.6. The molecule has 0 spiro atoms. The number of nitro benzene ring substituents is 1. The molecule has 0 unspecified atom stereocenters. The molecule has 164 valence electrons. The van der Waals surface area contributed by atoms with Gasteiger partial charge in [0.15, 0.2) is 11.5 Å². The summed E-state index contributed by atoms with van der Waals surface area (Å²) in [5.74, 6) is 0.774. The summed E-state index contributed by atoms with van der Waals surface area (Å²) >= 11 is 0. The molecule has 0 radical (unpaired) electrons. The van der Waals surface area contributed by atoms with Crippen LogP contribution in [0.2, 0.25) is 0 Å². The lowest BCUT2D eigenvalue weighted by Gasteiger charge is -2.29. The first kappa shape index (κ1) is 22.0. The summed E-state index contributed by atoms with van der Waals surface area (Å²) in [4.78, 5) is 25.1. The van der Waals surface area contributed by atoms with Crippen LogP contribution in [0.3, 0.4) is 0 Å². The SMILES string of the molecule is COc1ccc(CC(=O)N/N=C\c2cc([N+](=O)[O-])ccc2N2CCOCC2)cc1OC. The molecule has 0 bridgehead atoms. The summed E-state index contributed by atoms with van der Waals surface area (Å²) < 4.78 is 15.8. The van der Waals surface area contributed by atoms with Crippen molar-refractivity contribution in [1.82, 2.24) is 5.43 Å². The van der Waals surface area contributed by atoms with Gasteiger partial charge in [0.1, 0.15) is 0 Å². The Morgan fingerprint density at radius 2 is 1.94 bits per heavy atom. The first-order chi connectivity index (χ1) is 15.0. The molecule has 1 amide bonds. The van der Waals surface area contributed by atoms with Crippen LogP contribution in [0.4, 0.5) is 11.4 Å². The lowest BCUT2D eigenvalue weighted by Crippen LogP contribution is -2.36. The highest BCUT2D eigenvalue weighted by molar-refractivity contribution is 5.90. The molecule has 2 aromatic rings. The van der Waals surface area contributed by atoms with Crippen LogP contribution in [-0.2, 0) is 16.0 Å². The van der Waals surface area contributed by atoms with E-state index in [0.717, 1.165) is 11.3 Å². The Morgan fingerprint density at radius 1 is 1.19 bits per heavy atom. The van der Waals surface area contributed by atoms with Crippen molar-refractivity contribution in [2.24, 2.45) is 5.10 Å². The Hall–Kier alpha value is -3.66. The Labute approximate surface area is 179 Å². The Bertz CT molecular complexity index is 972. The molecule has 1 N–H and O–H groups in total. The number of ether oxygens (including phenoxy) is 3. The number of nitrogens with zero attached hydrogens (tertiary/aromatic N) is 3. The van der Waals surface area contributed by atoms with E-state index >= 15 is 0 Å².